The van der Waals surface area contributed by atoms with Gasteiger partial charge in [0.2, 0.25) is 0 Å². The zero-order valence-corrected chi connectivity index (χ0v) is 13.3. The number of terminal acetylenes is 1. The van der Waals surface area contributed by atoms with Crippen LogP contribution in [0.3, 0.4) is 0 Å². The van der Waals surface area contributed by atoms with Gasteiger partial charge in [-0.25, -0.2) is 0 Å². The highest BCUT2D eigenvalue weighted by Crippen LogP contribution is 2.43. The van der Waals surface area contributed by atoms with E-state index in [2.05, 4.69) is 21.9 Å². The Labute approximate surface area is 131 Å². The molecule has 0 fully saturated rings. The van der Waals surface area contributed by atoms with Crippen molar-refractivity contribution in [2.24, 2.45) is 5.92 Å². The number of allylic oxidation sites excluding steroid dienone is 2. The summed E-state index contributed by atoms with van der Waals surface area (Å²) in [4.78, 5) is 12.4. The van der Waals surface area contributed by atoms with Crippen molar-refractivity contribution in [1.29, 1.82) is 0 Å². The van der Waals surface area contributed by atoms with Crippen LogP contribution in [0.25, 0.3) is 5.57 Å². The predicted octanol–water partition coefficient (Wildman–Crippen LogP) is 3.69. The van der Waals surface area contributed by atoms with E-state index in [1.165, 1.54) is 14.2 Å². The molecule has 0 saturated carbocycles. The van der Waals surface area contributed by atoms with E-state index in [9.17, 15) is 4.79 Å². The molecule has 0 bridgehead atoms. The number of ketones is 1. The lowest BCUT2D eigenvalue weighted by atomic mass is 9.99. The lowest BCUT2D eigenvalue weighted by Gasteiger charge is -2.13. The molecule has 0 spiro atoms. The summed E-state index contributed by atoms with van der Waals surface area (Å²) in [5.74, 6) is 2.85. The number of hydrogen-bond acceptors (Lipinski definition) is 3. The largest absolute Gasteiger partial charge is 0.500 e. The zero-order chi connectivity index (χ0) is 14.9. The number of halogens is 2. The van der Waals surface area contributed by atoms with Crippen molar-refractivity contribution >= 4 is 38.9 Å². The van der Waals surface area contributed by atoms with E-state index in [0.29, 0.717) is 34.1 Å². The molecule has 0 saturated heterocycles. The van der Waals surface area contributed by atoms with Crippen LogP contribution < -0.4 is 4.74 Å². The highest BCUT2D eigenvalue weighted by atomic mass is 79.9. The second-order valence-electron chi connectivity index (χ2n) is 4.25. The lowest BCUT2D eigenvalue weighted by molar-refractivity contribution is -0.115. The van der Waals surface area contributed by atoms with E-state index in [4.69, 9.17) is 27.5 Å². The Hall–Kier alpha value is -1.44. The van der Waals surface area contributed by atoms with Gasteiger partial charge in [0.25, 0.3) is 0 Å². The molecule has 1 aliphatic carbocycles. The van der Waals surface area contributed by atoms with Gasteiger partial charge in [0.1, 0.15) is 11.5 Å². The molecule has 104 valence electrons. The number of carbonyl (C=O) groups is 1. The van der Waals surface area contributed by atoms with Gasteiger partial charge in [-0.05, 0) is 12.1 Å². The Morgan fingerprint density at radius 1 is 1.40 bits per heavy atom. The Kier molecular flexibility index (Phi) is 4.42. The maximum atomic E-state index is 12.4. The average molecular weight is 356 g/mol. The summed E-state index contributed by atoms with van der Waals surface area (Å²) in [7, 11) is 3.04. The van der Waals surface area contributed by atoms with E-state index in [1.807, 2.05) is 0 Å². The van der Waals surface area contributed by atoms with Crippen molar-refractivity contribution in [3.8, 4) is 18.1 Å². The maximum Gasteiger partial charge on any atom is 0.182 e. The molecule has 1 atom stereocenters. The first kappa shape index (κ1) is 15.0. The highest BCUT2D eigenvalue weighted by Gasteiger charge is 2.36. The van der Waals surface area contributed by atoms with E-state index in [-0.39, 0.29) is 5.78 Å². The zero-order valence-electron chi connectivity index (χ0n) is 11.0. The summed E-state index contributed by atoms with van der Waals surface area (Å²) in [6.45, 7) is 0. The summed E-state index contributed by atoms with van der Waals surface area (Å²) in [5.41, 5.74) is 0.932. The number of benzene rings is 1. The van der Waals surface area contributed by atoms with Gasteiger partial charge in [-0.2, -0.15) is 0 Å². The summed E-state index contributed by atoms with van der Waals surface area (Å²) in [5, 5.41) is 0.409. The van der Waals surface area contributed by atoms with Crippen LogP contribution >= 0.6 is 27.5 Å². The minimum absolute atomic E-state index is 0.160. The van der Waals surface area contributed by atoms with Crippen molar-refractivity contribution in [3.05, 3.63) is 33.0 Å². The van der Waals surface area contributed by atoms with Gasteiger partial charge in [-0.15, -0.1) is 6.42 Å². The molecule has 0 aliphatic heterocycles. The van der Waals surface area contributed by atoms with E-state index < -0.39 is 5.92 Å². The Morgan fingerprint density at radius 2 is 2.10 bits per heavy atom. The predicted molar refractivity (Wildman–Crippen MR) is 81.6 cm³/mol. The quantitative estimate of drug-likeness (QED) is 0.776. The summed E-state index contributed by atoms with van der Waals surface area (Å²) in [6, 6.07) is 3.45. The van der Waals surface area contributed by atoms with Crippen LogP contribution in [-0.4, -0.2) is 20.0 Å². The number of Topliss-reactive ketones (excluding diaryl/α,β-unsaturated/α-hetero) is 1. The minimum atomic E-state index is -0.510. The fourth-order valence-corrected chi connectivity index (χ4v) is 3.10. The van der Waals surface area contributed by atoms with Gasteiger partial charge >= 0.3 is 0 Å². The SMILES string of the molecule is C#CC1CC(OC)=C(c2c(Cl)cc(Br)cc2OC)C1=O. The topological polar surface area (TPSA) is 35.5 Å². The van der Waals surface area contributed by atoms with Crippen molar-refractivity contribution < 1.29 is 14.3 Å². The molecule has 2 rings (SSSR count). The number of carbonyl (C=O) groups excluding carboxylic acids is 1. The van der Waals surface area contributed by atoms with Crippen LogP contribution in [0, 0.1) is 18.3 Å². The maximum absolute atomic E-state index is 12.4. The van der Waals surface area contributed by atoms with Gasteiger partial charge in [-0.1, -0.05) is 33.5 Å². The fourth-order valence-electron chi connectivity index (χ4n) is 2.23. The first-order valence-corrected chi connectivity index (χ1v) is 7.01. The molecule has 5 heteroatoms. The lowest BCUT2D eigenvalue weighted by Crippen LogP contribution is -2.08. The van der Waals surface area contributed by atoms with Crippen molar-refractivity contribution in [3.63, 3.8) is 0 Å². The summed E-state index contributed by atoms with van der Waals surface area (Å²) in [6.07, 6.45) is 5.78. The number of rotatable bonds is 3. The molecule has 0 aromatic heterocycles. The molecule has 1 unspecified atom stereocenters. The van der Waals surface area contributed by atoms with E-state index >= 15 is 0 Å². The Morgan fingerprint density at radius 3 is 2.65 bits per heavy atom. The van der Waals surface area contributed by atoms with Crippen LogP contribution in [0.15, 0.2) is 22.4 Å². The molecule has 1 aliphatic rings. The third-order valence-electron chi connectivity index (χ3n) is 3.17. The van der Waals surface area contributed by atoms with E-state index in [0.717, 1.165) is 4.47 Å². The molecule has 0 amide bonds. The van der Waals surface area contributed by atoms with Gasteiger partial charge in [0.05, 0.1) is 30.7 Å². The second kappa shape index (κ2) is 5.90. The molecule has 20 heavy (non-hydrogen) atoms. The molecular formula is C15H12BrClO3. The minimum Gasteiger partial charge on any atom is -0.500 e. The molecule has 0 N–H and O–H groups in total. The van der Waals surface area contributed by atoms with Gasteiger partial charge < -0.3 is 9.47 Å². The normalized spacial score (nSPS) is 18.1. The molecule has 0 heterocycles. The third-order valence-corrected chi connectivity index (χ3v) is 3.92. The van der Waals surface area contributed by atoms with Crippen molar-refractivity contribution in [2.75, 3.05) is 14.2 Å². The smallest absolute Gasteiger partial charge is 0.182 e. The van der Waals surface area contributed by atoms with Crippen LogP contribution in [0.5, 0.6) is 5.75 Å². The van der Waals surface area contributed by atoms with Crippen LogP contribution in [0.1, 0.15) is 12.0 Å². The second-order valence-corrected chi connectivity index (χ2v) is 5.58. The molecule has 1 aromatic carbocycles. The molecule has 0 radical (unpaired) electrons. The number of methoxy groups -OCH3 is 2. The summed E-state index contributed by atoms with van der Waals surface area (Å²) >= 11 is 9.61. The van der Waals surface area contributed by atoms with Crippen LogP contribution in [0.2, 0.25) is 5.02 Å². The fraction of sp³-hybridized carbons (Fsp3) is 0.267. The number of hydrogen-bond donors (Lipinski definition) is 0. The van der Waals surface area contributed by atoms with E-state index in [1.54, 1.807) is 12.1 Å². The monoisotopic (exact) mass is 354 g/mol. The van der Waals surface area contributed by atoms with Gasteiger partial charge in [0, 0.05) is 16.5 Å². The average Bonchev–Trinajstić information content (AvgIpc) is 2.74. The van der Waals surface area contributed by atoms with Gasteiger partial charge in [0.15, 0.2) is 5.78 Å². The Bertz CT molecular complexity index is 643. The third kappa shape index (κ3) is 2.44. The number of ether oxygens (including phenoxy) is 2. The van der Waals surface area contributed by atoms with Crippen molar-refractivity contribution in [2.45, 2.75) is 6.42 Å². The Balaban J connectivity index is 2.67. The highest BCUT2D eigenvalue weighted by molar-refractivity contribution is 9.10. The first-order chi connectivity index (χ1) is 9.53. The van der Waals surface area contributed by atoms with Gasteiger partial charge in [-0.3, -0.25) is 4.79 Å². The summed E-state index contributed by atoms with van der Waals surface area (Å²) < 4.78 is 11.4. The van der Waals surface area contributed by atoms with Crippen LogP contribution in [-0.2, 0) is 9.53 Å². The molecule has 1 aromatic rings. The van der Waals surface area contributed by atoms with Crippen molar-refractivity contribution in [1.82, 2.24) is 0 Å². The molecule has 3 nitrogen and oxygen atoms in total. The molecular weight excluding hydrogens is 344 g/mol. The first-order valence-electron chi connectivity index (χ1n) is 5.84. The standard InChI is InChI=1S/C15H12BrClO3/c1-4-8-5-11(19-2)14(15(8)18)13-10(17)6-9(16)7-12(13)20-3/h1,6-8H,5H2,2-3H3. The van der Waals surface area contributed by atoms with Crippen LogP contribution in [0.4, 0.5) is 0 Å².